The van der Waals surface area contributed by atoms with E-state index in [9.17, 15) is 10.1 Å². The Morgan fingerprint density at radius 1 is 1.24 bits per heavy atom. The van der Waals surface area contributed by atoms with Gasteiger partial charge >= 0.3 is 5.69 Å². The van der Waals surface area contributed by atoms with Gasteiger partial charge < -0.3 is 5.32 Å². The zero-order valence-corrected chi connectivity index (χ0v) is 11.1. The molecule has 2 aromatic rings. The highest BCUT2D eigenvalue weighted by atomic mass is 16.6. The Kier molecular flexibility index (Phi) is 3.24. The van der Waals surface area contributed by atoms with E-state index in [0.29, 0.717) is 5.82 Å². The molecule has 6 nitrogen and oxygen atoms in total. The Balaban J connectivity index is 1.78. The van der Waals surface area contributed by atoms with Gasteiger partial charge in [-0.15, -0.1) is 0 Å². The van der Waals surface area contributed by atoms with E-state index in [1.165, 1.54) is 17.2 Å². The van der Waals surface area contributed by atoms with Crippen LogP contribution in [0.3, 0.4) is 0 Å². The highest BCUT2D eigenvalue weighted by Gasteiger charge is 2.22. The van der Waals surface area contributed by atoms with E-state index >= 15 is 0 Å². The Morgan fingerprint density at radius 2 is 1.90 bits per heavy atom. The quantitative estimate of drug-likeness (QED) is 0.688. The maximum Gasteiger partial charge on any atom is 0.305 e. The van der Waals surface area contributed by atoms with Gasteiger partial charge in [-0.1, -0.05) is 24.3 Å². The molecule has 1 aromatic carbocycles. The second kappa shape index (κ2) is 5.21. The Bertz CT molecular complexity index is 727. The number of hydrogen-bond acceptors (Lipinski definition) is 5. The van der Waals surface area contributed by atoms with Crippen LogP contribution in [0.2, 0.25) is 0 Å². The molecule has 0 atom stereocenters. The first-order valence-corrected chi connectivity index (χ1v) is 6.56. The molecule has 0 saturated carbocycles. The smallest absolute Gasteiger partial charge is 0.305 e. The second-order valence-corrected chi connectivity index (χ2v) is 4.95. The van der Waals surface area contributed by atoms with Crippen LogP contribution in [0.4, 0.5) is 11.5 Å². The Hall–Kier alpha value is -2.94. The fraction of sp³-hybridized carbons (Fsp3) is 0.200. The molecule has 6 heteroatoms. The van der Waals surface area contributed by atoms with Gasteiger partial charge in [-0.3, -0.25) is 10.1 Å². The first kappa shape index (κ1) is 13.1. The first-order chi connectivity index (χ1) is 10.2. The van der Waals surface area contributed by atoms with Crippen LogP contribution in [-0.4, -0.2) is 15.9 Å². The standard InChI is InChI=1S/C15H12N4O2/c16-9-13-14(19(20)21)5-6-15(18-13)17-12-7-10-3-1-2-4-11(10)8-12/h1-6,12H,7-8H2,(H,17,18). The lowest BCUT2D eigenvalue weighted by molar-refractivity contribution is -0.385. The molecule has 1 heterocycles. The number of hydrogen-bond donors (Lipinski definition) is 1. The molecule has 1 aliphatic rings. The number of nitriles is 1. The van der Waals surface area contributed by atoms with Crippen LogP contribution in [0.1, 0.15) is 16.8 Å². The van der Waals surface area contributed by atoms with Gasteiger partial charge in [0.15, 0.2) is 0 Å². The Labute approximate surface area is 121 Å². The van der Waals surface area contributed by atoms with Crippen LogP contribution in [-0.2, 0) is 12.8 Å². The normalized spacial score (nSPS) is 13.5. The summed E-state index contributed by atoms with van der Waals surface area (Å²) < 4.78 is 0. The third-order valence-corrected chi connectivity index (χ3v) is 3.58. The molecule has 0 spiro atoms. The largest absolute Gasteiger partial charge is 0.367 e. The van der Waals surface area contributed by atoms with Crippen molar-refractivity contribution in [3.63, 3.8) is 0 Å². The monoisotopic (exact) mass is 280 g/mol. The van der Waals surface area contributed by atoms with Crippen molar-refractivity contribution in [2.45, 2.75) is 18.9 Å². The molecule has 1 aliphatic carbocycles. The average Bonchev–Trinajstić information content (AvgIpc) is 2.88. The van der Waals surface area contributed by atoms with Crippen molar-refractivity contribution in [1.29, 1.82) is 5.26 Å². The summed E-state index contributed by atoms with van der Waals surface area (Å²) in [7, 11) is 0. The van der Waals surface area contributed by atoms with Crippen LogP contribution >= 0.6 is 0 Å². The topological polar surface area (TPSA) is 91.8 Å². The number of nitrogens with zero attached hydrogens (tertiary/aromatic N) is 3. The van der Waals surface area contributed by atoms with E-state index in [1.54, 1.807) is 12.1 Å². The first-order valence-electron chi connectivity index (χ1n) is 6.56. The third kappa shape index (κ3) is 2.54. The van der Waals surface area contributed by atoms with Gasteiger partial charge in [0.1, 0.15) is 11.9 Å². The third-order valence-electron chi connectivity index (χ3n) is 3.58. The lowest BCUT2D eigenvalue weighted by atomic mass is 10.1. The number of benzene rings is 1. The molecule has 3 rings (SSSR count). The van der Waals surface area contributed by atoms with Gasteiger partial charge in [-0.05, 0) is 30.0 Å². The highest BCUT2D eigenvalue weighted by molar-refractivity contribution is 5.51. The fourth-order valence-electron chi connectivity index (χ4n) is 2.63. The van der Waals surface area contributed by atoms with Gasteiger partial charge in [0, 0.05) is 12.1 Å². The molecule has 1 N–H and O–H groups in total. The van der Waals surface area contributed by atoms with Crippen molar-refractivity contribution in [3.8, 4) is 6.07 Å². The van der Waals surface area contributed by atoms with E-state index in [-0.39, 0.29) is 17.4 Å². The number of aromatic nitrogens is 1. The van der Waals surface area contributed by atoms with E-state index in [4.69, 9.17) is 5.26 Å². The zero-order valence-electron chi connectivity index (χ0n) is 11.1. The minimum atomic E-state index is -0.596. The highest BCUT2D eigenvalue weighted by Crippen LogP contribution is 2.25. The fourth-order valence-corrected chi connectivity index (χ4v) is 2.63. The Morgan fingerprint density at radius 3 is 2.48 bits per heavy atom. The number of anilines is 1. The SMILES string of the molecule is N#Cc1nc(NC2Cc3ccccc3C2)ccc1[N+](=O)[O-]. The van der Waals surface area contributed by atoms with Crippen LogP contribution < -0.4 is 5.32 Å². The zero-order chi connectivity index (χ0) is 14.8. The van der Waals surface area contributed by atoms with Crippen LogP contribution in [0.15, 0.2) is 36.4 Å². The van der Waals surface area contributed by atoms with E-state index in [1.807, 2.05) is 12.1 Å². The molecule has 104 valence electrons. The summed E-state index contributed by atoms with van der Waals surface area (Å²) in [5, 5.41) is 23.0. The summed E-state index contributed by atoms with van der Waals surface area (Å²) in [6, 6.07) is 13.0. The maximum absolute atomic E-state index is 10.8. The molecule has 0 aliphatic heterocycles. The van der Waals surface area contributed by atoms with Gasteiger partial charge in [0.05, 0.1) is 4.92 Å². The molecule has 0 radical (unpaired) electrons. The van der Waals surface area contributed by atoms with Crippen LogP contribution in [0.5, 0.6) is 0 Å². The summed E-state index contributed by atoms with van der Waals surface area (Å²) in [4.78, 5) is 14.2. The molecule has 0 bridgehead atoms. The molecule has 0 unspecified atom stereocenters. The summed E-state index contributed by atoms with van der Waals surface area (Å²) in [5.41, 5.74) is 2.17. The number of pyridine rings is 1. The van der Waals surface area contributed by atoms with Gasteiger partial charge in [0.2, 0.25) is 5.69 Å². The van der Waals surface area contributed by atoms with Crippen molar-refractivity contribution in [2.24, 2.45) is 0 Å². The number of nitrogens with one attached hydrogen (secondary N) is 1. The molecule has 21 heavy (non-hydrogen) atoms. The number of nitro groups is 1. The predicted molar refractivity (Wildman–Crippen MR) is 76.9 cm³/mol. The van der Waals surface area contributed by atoms with Crippen molar-refractivity contribution >= 4 is 11.5 Å². The minimum absolute atomic E-state index is 0.166. The summed E-state index contributed by atoms with van der Waals surface area (Å²) in [6.45, 7) is 0. The lowest BCUT2D eigenvalue weighted by Gasteiger charge is -2.12. The molecule has 0 fully saturated rings. The van der Waals surface area contributed by atoms with Crippen LogP contribution in [0, 0.1) is 21.4 Å². The number of fused-ring (bicyclic) bond motifs is 1. The van der Waals surface area contributed by atoms with Crippen molar-refractivity contribution < 1.29 is 4.92 Å². The summed E-state index contributed by atoms with van der Waals surface area (Å²) in [6.07, 6.45) is 1.77. The molecule has 0 saturated heterocycles. The van der Waals surface area contributed by atoms with Crippen molar-refractivity contribution in [2.75, 3.05) is 5.32 Å². The summed E-state index contributed by atoms with van der Waals surface area (Å²) >= 11 is 0. The van der Waals surface area contributed by atoms with E-state index < -0.39 is 4.92 Å². The van der Waals surface area contributed by atoms with E-state index in [0.717, 1.165) is 12.8 Å². The summed E-state index contributed by atoms with van der Waals surface area (Å²) in [5.74, 6) is 0.495. The van der Waals surface area contributed by atoms with E-state index in [2.05, 4.69) is 22.4 Å². The van der Waals surface area contributed by atoms with Gasteiger partial charge in [0.25, 0.3) is 0 Å². The second-order valence-electron chi connectivity index (χ2n) is 4.95. The molecular weight excluding hydrogens is 268 g/mol. The lowest BCUT2D eigenvalue weighted by Crippen LogP contribution is -2.20. The van der Waals surface area contributed by atoms with Crippen molar-refractivity contribution in [1.82, 2.24) is 4.98 Å². The number of rotatable bonds is 3. The van der Waals surface area contributed by atoms with Crippen molar-refractivity contribution in [3.05, 3.63) is 63.3 Å². The average molecular weight is 280 g/mol. The maximum atomic E-state index is 10.8. The molecule has 0 amide bonds. The van der Waals surface area contributed by atoms with Crippen LogP contribution in [0.25, 0.3) is 0 Å². The minimum Gasteiger partial charge on any atom is -0.367 e. The van der Waals surface area contributed by atoms with Gasteiger partial charge in [-0.25, -0.2) is 4.98 Å². The predicted octanol–water partition coefficient (Wildman–Crippen LogP) is 2.44. The molecular formula is C15H12N4O2. The van der Waals surface area contributed by atoms with Gasteiger partial charge in [-0.2, -0.15) is 5.26 Å². The molecule has 1 aromatic heterocycles.